The fraction of sp³-hybridized carbons (Fsp3) is 0.286. The van der Waals surface area contributed by atoms with Gasteiger partial charge in [-0.3, -0.25) is 14.9 Å². The molecule has 2 aromatic carbocycles. The van der Waals surface area contributed by atoms with Crippen LogP contribution in [0.2, 0.25) is 0 Å². The Bertz CT molecular complexity index is 1020. The van der Waals surface area contributed by atoms with Gasteiger partial charge in [-0.25, -0.2) is 4.39 Å². The van der Waals surface area contributed by atoms with Crippen LogP contribution >= 0.6 is 0 Å². The standard InChI is InChI=1S/C21H21FN4O4/c1-2-3-12-25(21(27)16-5-4-6-18(14-16)26(28)29)13-11-19-23-20(24-30-19)15-7-9-17(22)10-8-15/h4-10,14H,2-3,11-13H2,1H3. The second kappa shape index (κ2) is 9.73. The van der Waals surface area contributed by atoms with Crippen molar-refractivity contribution in [1.82, 2.24) is 15.0 Å². The highest BCUT2D eigenvalue weighted by Crippen LogP contribution is 2.18. The van der Waals surface area contributed by atoms with Gasteiger partial charge in [0.2, 0.25) is 11.7 Å². The number of aromatic nitrogens is 2. The lowest BCUT2D eigenvalue weighted by Gasteiger charge is -2.22. The lowest BCUT2D eigenvalue weighted by atomic mass is 10.1. The average molecular weight is 412 g/mol. The van der Waals surface area contributed by atoms with E-state index in [0.29, 0.717) is 36.8 Å². The van der Waals surface area contributed by atoms with Crippen LogP contribution in [0.15, 0.2) is 53.1 Å². The molecule has 0 saturated carbocycles. The average Bonchev–Trinajstić information content (AvgIpc) is 3.23. The summed E-state index contributed by atoms with van der Waals surface area (Å²) in [7, 11) is 0. The highest BCUT2D eigenvalue weighted by Gasteiger charge is 2.19. The molecule has 8 nitrogen and oxygen atoms in total. The van der Waals surface area contributed by atoms with E-state index in [0.717, 1.165) is 12.8 Å². The summed E-state index contributed by atoms with van der Waals surface area (Å²) < 4.78 is 18.3. The van der Waals surface area contributed by atoms with Crippen molar-refractivity contribution >= 4 is 11.6 Å². The van der Waals surface area contributed by atoms with Crippen LogP contribution in [-0.4, -0.2) is 39.0 Å². The Morgan fingerprint density at radius 3 is 2.67 bits per heavy atom. The highest BCUT2D eigenvalue weighted by atomic mass is 19.1. The first-order valence-electron chi connectivity index (χ1n) is 9.60. The molecule has 0 saturated heterocycles. The maximum absolute atomic E-state index is 13.1. The number of amides is 1. The number of hydrogen-bond donors (Lipinski definition) is 0. The van der Waals surface area contributed by atoms with Crippen LogP contribution in [-0.2, 0) is 6.42 Å². The van der Waals surface area contributed by atoms with Gasteiger partial charge in [0.15, 0.2) is 0 Å². The minimum atomic E-state index is -0.525. The van der Waals surface area contributed by atoms with Crippen molar-refractivity contribution in [2.75, 3.05) is 13.1 Å². The third-order valence-electron chi connectivity index (χ3n) is 4.54. The van der Waals surface area contributed by atoms with Gasteiger partial charge in [-0.2, -0.15) is 4.98 Å². The Balaban J connectivity index is 1.71. The molecule has 1 amide bonds. The molecule has 0 aliphatic rings. The van der Waals surface area contributed by atoms with E-state index < -0.39 is 4.92 Å². The van der Waals surface area contributed by atoms with Gasteiger partial charge in [-0.05, 0) is 36.8 Å². The summed E-state index contributed by atoms with van der Waals surface area (Å²) in [5.41, 5.74) is 0.761. The monoisotopic (exact) mass is 412 g/mol. The molecular weight excluding hydrogens is 391 g/mol. The van der Waals surface area contributed by atoms with E-state index >= 15 is 0 Å². The van der Waals surface area contributed by atoms with E-state index in [1.807, 2.05) is 6.92 Å². The van der Waals surface area contributed by atoms with Crippen LogP contribution in [0.4, 0.5) is 10.1 Å². The summed E-state index contributed by atoms with van der Waals surface area (Å²) in [5, 5.41) is 14.9. The number of nitrogens with zero attached hydrogens (tertiary/aromatic N) is 4. The van der Waals surface area contributed by atoms with Gasteiger partial charge < -0.3 is 9.42 Å². The van der Waals surface area contributed by atoms with Crippen LogP contribution in [0.1, 0.15) is 36.0 Å². The van der Waals surface area contributed by atoms with Gasteiger partial charge in [0, 0.05) is 42.8 Å². The zero-order valence-corrected chi connectivity index (χ0v) is 16.5. The first-order chi connectivity index (χ1) is 14.5. The van der Waals surface area contributed by atoms with Crippen LogP contribution in [0.25, 0.3) is 11.4 Å². The molecule has 9 heteroatoms. The van der Waals surface area contributed by atoms with Crippen molar-refractivity contribution in [3.8, 4) is 11.4 Å². The molecule has 30 heavy (non-hydrogen) atoms. The Hall–Kier alpha value is -3.62. The largest absolute Gasteiger partial charge is 0.339 e. The summed E-state index contributed by atoms with van der Waals surface area (Å²) in [6.45, 7) is 2.85. The number of nitro groups is 1. The molecule has 156 valence electrons. The third-order valence-corrected chi connectivity index (χ3v) is 4.54. The first kappa shape index (κ1) is 21.1. The maximum atomic E-state index is 13.1. The summed E-state index contributed by atoms with van der Waals surface area (Å²) in [5.74, 6) is 0.0527. The molecule has 0 radical (unpaired) electrons. The van der Waals surface area contributed by atoms with E-state index in [1.54, 1.807) is 23.1 Å². The van der Waals surface area contributed by atoms with Gasteiger partial charge in [0.25, 0.3) is 11.6 Å². The highest BCUT2D eigenvalue weighted by molar-refractivity contribution is 5.94. The molecule has 0 unspecified atom stereocenters. The van der Waals surface area contributed by atoms with E-state index in [1.165, 1.54) is 30.3 Å². The van der Waals surface area contributed by atoms with E-state index in [9.17, 15) is 19.3 Å². The number of unbranched alkanes of at least 4 members (excludes halogenated alkanes) is 1. The van der Waals surface area contributed by atoms with Crippen molar-refractivity contribution < 1.29 is 18.6 Å². The summed E-state index contributed by atoms with van der Waals surface area (Å²) in [4.78, 5) is 29.3. The van der Waals surface area contributed by atoms with Crippen molar-refractivity contribution in [1.29, 1.82) is 0 Å². The predicted molar refractivity (Wildman–Crippen MR) is 107 cm³/mol. The number of nitro benzene ring substituents is 1. The Labute approximate surface area is 172 Å². The van der Waals surface area contributed by atoms with Crippen LogP contribution in [0.5, 0.6) is 0 Å². The van der Waals surface area contributed by atoms with Gasteiger partial charge in [-0.1, -0.05) is 24.6 Å². The van der Waals surface area contributed by atoms with Gasteiger partial charge in [0.1, 0.15) is 5.82 Å². The predicted octanol–water partition coefficient (Wildman–Crippen LogP) is 4.27. The Kier molecular flexibility index (Phi) is 6.84. The minimum Gasteiger partial charge on any atom is -0.339 e. The number of halogens is 1. The molecule has 0 aliphatic heterocycles. The van der Waals surface area contributed by atoms with E-state index in [2.05, 4.69) is 10.1 Å². The number of non-ortho nitro benzene ring substituents is 1. The second-order valence-corrected chi connectivity index (χ2v) is 6.72. The van der Waals surface area contributed by atoms with Crippen molar-refractivity contribution in [3.63, 3.8) is 0 Å². The smallest absolute Gasteiger partial charge is 0.270 e. The topological polar surface area (TPSA) is 102 Å². The van der Waals surface area contributed by atoms with E-state index in [4.69, 9.17) is 4.52 Å². The lowest BCUT2D eigenvalue weighted by molar-refractivity contribution is -0.384. The molecule has 0 bridgehead atoms. The number of hydrogen-bond acceptors (Lipinski definition) is 6. The normalized spacial score (nSPS) is 10.7. The Morgan fingerprint density at radius 1 is 1.20 bits per heavy atom. The molecule has 0 N–H and O–H groups in total. The maximum Gasteiger partial charge on any atom is 0.270 e. The lowest BCUT2D eigenvalue weighted by Crippen LogP contribution is -2.34. The van der Waals surface area contributed by atoms with E-state index in [-0.39, 0.29) is 23.0 Å². The molecule has 3 rings (SSSR count). The number of benzene rings is 2. The molecular formula is C21H21FN4O4. The molecule has 0 spiro atoms. The number of rotatable bonds is 9. The van der Waals surface area contributed by atoms with Gasteiger partial charge in [-0.15, -0.1) is 0 Å². The zero-order chi connectivity index (χ0) is 21.5. The zero-order valence-electron chi connectivity index (χ0n) is 16.5. The van der Waals surface area contributed by atoms with Crippen LogP contribution in [0.3, 0.4) is 0 Å². The molecule has 0 fully saturated rings. The summed E-state index contributed by atoms with van der Waals surface area (Å²) in [6, 6.07) is 11.4. The molecule has 0 atom stereocenters. The van der Waals surface area contributed by atoms with Gasteiger partial charge >= 0.3 is 0 Å². The summed E-state index contributed by atoms with van der Waals surface area (Å²) in [6.07, 6.45) is 2.03. The van der Waals surface area contributed by atoms with Crippen molar-refractivity contribution in [2.45, 2.75) is 26.2 Å². The van der Waals surface area contributed by atoms with Crippen molar-refractivity contribution in [3.05, 3.63) is 75.9 Å². The minimum absolute atomic E-state index is 0.128. The second-order valence-electron chi connectivity index (χ2n) is 6.72. The quantitative estimate of drug-likeness (QED) is 0.384. The third kappa shape index (κ3) is 5.25. The summed E-state index contributed by atoms with van der Waals surface area (Å²) >= 11 is 0. The van der Waals surface area contributed by atoms with Crippen LogP contribution < -0.4 is 0 Å². The van der Waals surface area contributed by atoms with Crippen molar-refractivity contribution in [2.24, 2.45) is 0 Å². The molecule has 0 aliphatic carbocycles. The molecule has 3 aromatic rings. The van der Waals surface area contributed by atoms with Gasteiger partial charge in [0.05, 0.1) is 4.92 Å². The fourth-order valence-corrected chi connectivity index (χ4v) is 2.90. The SMILES string of the molecule is CCCCN(CCc1nc(-c2ccc(F)cc2)no1)C(=O)c1cccc([N+](=O)[O-])c1. The molecule has 1 aromatic heterocycles. The molecule has 1 heterocycles. The number of carbonyl (C=O) groups excluding carboxylic acids is 1. The van der Waals surface area contributed by atoms with Crippen LogP contribution in [0, 0.1) is 15.9 Å². The fourth-order valence-electron chi connectivity index (χ4n) is 2.90. The first-order valence-corrected chi connectivity index (χ1v) is 9.60. The number of carbonyl (C=O) groups is 1. The Morgan fingerprint density at radius 2 is 1.97 bits per heavy atom.